The highest BCUT2D eigenvalue weighted by atomic mass is 15.1. The van der Waals surface area contributed by atoms with Crippen molar-refractivity contribution < 1.29 is 0 Å². The molecule has 9 aromatic rings. The summed E-state index contributed by atoms with van der Waals surface area (Å²) < 4.78 is 0. The predicted octanol–water partition coefficient (Wildman–Crippen LogP) is 15.5. The van der Waals surface area contributed by atoms with Crippen LogP contribution in [0.25, 0.3) is 65.7 Å². The van der Waals surface area contributed by atoms with Gasteiger partial charge >= 0.3 is 0 Å². The third-order valence-corrected chi connectivity index (χ3v) is 11.5. The van der Waals surface area contributed by atoms with Crippen LogP contribution < -0.4 is 4.90 Å². The maximum Gasteiger partial charge on any atom is 0.0491 e. The summed E-state index contributed by atoms with van der Waals surface area (Å²) in [4.78, 5) is 2.48. The molecule has 0 aromatic heterocycles. The molecule has 0 amide bonds. The number of hydrogen-bond donors (Lipinski definition) is 0. The second kappa shape index (κ2) is 13.8. The zero-order valence-corrected chi connectivity index (χ0v) is 32.5. The number of rotatable bonds is 6. The highest BCUT2D eigenvalue weighted by Gasteiger charge is 2.21. The average molecular weight is 708 g/mol. The van der Waals surface area contributed by atoms with Gasteiger partial charge in [0, 0.05) is 17.1 Å². The SMILES string of the molecule is Cc1ccc2cccc(-c3ccc(N(c4ccc(-c5c(C)ccc6ccccc56)cc4C)c4ccc(-c5c(C)ccc6ccccc56)cc4C)c(C)c3)c2c1. The molecule has 9 rings (SSSR count). The van der Waals surface area contributed by atoms with E-state index in [4.69, 9.17) is 0 Å². The molecule has 0 atom stereocenters. The summed E-state index contributed by atoms with van der Waals surface area (Å²) in [7, 11) is 0. The van der Waals surface area contributed by atoms with Gasteiger partial charge in [-0.15, -0.1) is 0 Å². The minimum atomic E-state index is 1.18. The Balaban J connectivity index is 1.21. The van der Waals surface area contributed by atoms with Crippen molar-refractivity contribution in [2.75, 3.05) is 4.90 Å². The number of nitrogens with zero attached hydrogens (tertiary/aromatic N) is 1. The third kappa shape index (κ3) is 6.07. The Kier molecular flexibility index (Phi) is 8.59. The van der Waals surface area contributed by atoms with Crippen molar-refractivity contribution in [3.63, 3.8) is 0 Å². The van der Waals surface area contributed by atoms with E-state index >= 15 is 0 Å². The van der Waals surface area contributed by atoms with E-state index in [1.54, 1.807) is 0 Å². The number of aryl methyl sites for hydroxylation is 6. The maximum absolute atomic E-state index is 2.48. The first-order valence-corrected chi connectivity index (χ1v) is 19.3. The molecule has 0 aliphatic heterocycles. The van der Waals surface area contributed by atoms with Gasteiger partial charge in [0.05, 0.1) is 0 Å². The molecule has 55 heavy (non-hydrogen) atoms. The molecular formula is C54H45N. The fourth-order valence-electron chi connectivity index (χ4n) is 8.75. The van der Waals surface area contributed by atoms with Crippen LogP contribution in [0.5, 0.6) is 0 Å². The molecule has 0 fully saturated rings. The molecule has 1 nitrogen and oxygen atoms in total. The number of benzene rings is 9. The lowest BCUT2D eigenvalue weighted by atomic mass is 9.91. The highest BCUT2D eigenvalue weighted by molar-refractivity contribution is 6.01. The van der Waals surface area contributed by atoms with Crippen molar-refractivity contribution in [1.29, 1.82) is 0 Å². The lowest BCUT2D eigenvalue weighted by Crippen LogP contribution is -2.14. The normalized spacial score (nSPS) is 11.5. The van der Waals surface area contributed by atoms with Crippen LogP contribution in [0.1, 0.15) is 33.4 Å². The molecule has 0 heterocycles. The van der Waals surface area contributed by atoms with E-state index in [1.165, 1.54) is 116 Å². The summed E-state index contributed by atoms with van der Waals surface area (Å²) in [5, 5.41) is 7.66. The molecule has 0 spiro atoms. The molecule has 0 saturated heterocycles. The van der Waals surface area contributed by atoms with Gasteiger partial charge in [-0.05, 0) is 171 Å². The standard InChI is InChI=1S/C54H45N/c1-34-18-21-42-14-11-17-46(49(42)30-34)43-24-27-50(37(4)31-43)55(51-28-25-44(32-38(51)5)53-35(2)19-22-40-12-7-9-15-47(40)53)52-29-26-45(33-39(52)6)54-36(3)20-23-41-13-8-10-16-48(41)54/h7-33H,1-6H3. The summed E-state index contributed by atoms with van der Waals surface area (Å²) in [6.45, 7) is 13.4. The van der Waals surface area contributed by atoms with Gasteiger partial charge in [0.15, 0.2) is 0 Å². The molecular weight excluding hydrogens is 663 g/mol. The van der Waals surface area contributed by atoms with E-state index in [2.05, 4.69) is 210 Å². The van der Waals surface area contributed by atoms with Crippen LogP contribution in [0.3, 0.4) is 0 Å². The van der Waals surface area contributed by atoms with Gasteiger partial charge in [-0.2, -0.15) is 0 Å². The maximum atomic E-state index is 2.48. The topological polar surface area (TPSA) is 3.24 Å². The zero-order valence-electron chi connectivity index (χ0n) is 32.5. The van der Waals surface area contributed by atoms with Gasteiger partial charge in [-0.1, -0.05) is 133 Å². The lowest BCUT2D eigenvalue weighted by molar-refractivity contribution is 1.21. The predicted molar refractivity (Wildman–Crippen MR) is 238 cm³/mol. The highest BCUT2D eigenvalue weighted by Crippen LogP contribution is 2.45. The Labute approximate surface area is 325 Å². The van der Waals surface area contributed by atoms with Crippen molar-refractivity contribution >= 4 is 49.4 Å². The van der Waals surface area contributed by atoms with Gasteiger partial charge in [0.25, 0.3) is 0 Å². The van der Waals surface area contributed by atoms with Gasteiger partial charge in [0.2, 0.25) is 0 Å². The summed E-state index contributed by atoms with van der Waals surface area (Å²) in [5.41, 5.74) is 18.6. The molecule has 0 bridgehead atoms. The summed E-state index contributed by atoms with van der Waals surface area (Å²) in [5.74, 6) is 0. The summed E-state index contributed by atoms with van der Waals surface area (Å²) >= 11 is 0. The first kappa shape index (κ1) is 34.3. The Morgan fingerprint density at radius 3 is 1.27 bits per heavy atom. The second-order valence-corrected chi connectivity index (χ2v) is 15.3. The van der Waals surface area contributed by atoms with Gasteiger partial charge in [-0.3, -0.25) is 0 Å². The fourth-order valence-corrected chi connectivity index (χ4v) is 8.75. The molecule has 0 aliphatic rings. The minimum Gasteiger partial charge on any atom is -0.310 e. The van der Waals surface area contributed by atoms with Crippen LogP contribution in [0.4, 0.5) is 17.1 Å². The third-order valence-electron chi connectivity index (χ3n) is 11.5. The van der Waals surface area contributed by atoms with Gasteiger partial charge in [-0.25, -0.2) is 0 Å². The quantitative estimate of drug-likeness (QED) is 0.166. The molecule has 0 aliphatic carbocycles. The summed E-state index contributed by atoms with van der Waals surface area (Å²) in [6.07, 6.45) is 0. The smallest absolute Gasteiger partial charge is 0.0491 e. The molecule has 9 aromatic carbocycles. The van der Waals surface area contributed by atoms with E-state index in [9.17, 15) is 0 Å². The molecule has 266 valence electrons. The van der Waals surface area contributed by atoms with E-state index in [-0.39, 0.29) is 0 Å². The molecule has 0 N–H and O–H groups in total. The van der Waals surface area contributed by atoms with Gasteiger partial charge in [0.1, 0.15) is 0 Å². The molecule has 0 radical (unpaired) electrons. The van der Waals surface area contributed by atoms with E-state index in [1.807, 2.05) is 0 Å². The van der Waals surface area contributed by atoms with Crippen LogP contribution in [-0.4, -0.2) is 0 Å². The molecule has 0 unspecified atom stereocenters. The fraction of sp³-hybridized carbons (Fsp3) is 0.111. The Hall–Kier alpha value is -6.44. The van der Waals surface area contributed by atoms with Crippen molar-refractivity contribution in [3.8, 4) is 33.4 Å². The first-order chi connectivity index (χ1) is 26.7. The van der Waals surface area contributed by atoms with Crippen LogP contribution in [0.2, 0.25) is 0 Å². The van der Waals surface area contributed by atoms with E-state index in [0.717, 1.165) is 0 Å². The van der Waals surface area contributed by atoms with Crippen molar-refractivity contribution in [2.24, 2.45) is 0 Å². The minimum absolute atomic E-state index is 1.18. The van der Waals surface area contributed by atoms with Crippen molar-refractivity contribution in [3.05, 3.63) is 197 Å². The van der Waals surface area contributed by atoms with Crippen LogP contribution in [-0.2, 0) is 0 Å². The Bertz CT molecular complexity index is 2810. The van der Waals surface area contributed by atoms with E-state index < -0.39 is 0 Å². The van der Waals surface area contributed by atoms with Crippen LogP contribution in [0.15, 0.2) is 164 Å². The lowest BCUT2D eigenvalue weighted by Gasteiger charge is -2.31. The number of hydrogen-bond acceptors (Lipinski definition) is 1. The van der Waals surface area contributed by atoms with Gasteiger partial charge < -0.3 is 4.90 Å². The average Bonchev–Trinajstić information content (AvgIpc) is 3.19. The van der Waals surface area contributed by atoms with Crippen molar-refractivity contribution in [1.82, 2.24) is 0 Å². The van der Waals surface area contributed by atoms with Crippen molar-refractivity contribution in [2.45, 2.75) is 41.5 Å². The zero-order chi connectivity index (χ0) is 37.8. The second-order valence-electron chi connectivity index (χ2n) is 15.3. The summed E-state index contributed by atoms with van der Waals surface area (Å²) in [6, 6.07) is 60.8. The van der Waals surface area contributed by atoms with Crippen LogP contribution in [0, 0.1) is 41.5 Å². The molecule has 1 heteroatoms. The van der Waals surface area contributed by atoms with E-state index in [0.29, 0.717) is 0 Å². The monoisotopic (exact) mass is 707 g/mol. The first-order valence-electron chi connectivity index (χ1n) is 19.3. The Morgan fingerprint density at radius 1 is 0.309 bits per heavy atom. The molecule has 0 saturated carbocycles. The largest absolute Gasteiger partial charge is 0.310 e. The number of fused-ring (bicyclic) bond motifs is 3. The number of anilines is 3. The van der Waals surface area contributed by atoms with Crippen LogP contribution >= 0.6 is 0 Å². The Morgan fingerprint density at radius 2 is 0.745 bits per heavy atom.